The van der Waals surface area contributed by atoms with Gasteiger partial charge in [-0.1, -0.05) is 18.2 Å². The molecule has 124 valence electrons. The van der Waals surface area contributed by atoms with Crippen molar-refractivity contribution in [1.29, 1.82) is 0 Å². The lowest BCUT2D eigenvalue weighted by Gasteiger charge is -2.47. The Morgan fingerprint density at radius 1 is 1.43 bits per heavy atom. The Labute approximate surface area is 149 Å². The van der Waals surface area contributed by atoms with Crippen LogP contribution in [0.3, 0.4) is 0 Å². The molecule has 1 aromatic heterocycles. The van der Waals surface area contributed by atoms with E-state index in [1.807, 2.05) is 6.07 Å². The summed E-state index contributed by atoms with van der Waals surface area (Å²) in [7, 11) is 0. The van der Waals surface area contributed by atoms with Gasteiger partial charge < -0.3 is 10.8 Å². The van der Waals surface area contributed by atoms with Gasteiger partial charge in [0.2, 0.25) is 5.91 Å². The second kappa shape index (κ2) is 7.83. The molecule has 3 heterocycles. The number of pyridine rings is 1. The molecule has 2 aliphatic heterocycles. The number of amides is 1. The maximum absolute atomic E-state index is 11.8. The van der Waals surface area contributed by atoms with E-state index in [1.54, 1.807) is 30.6 Å². The number of rotatable bonds is 3. The third-order valence-corrected chi connectivity index (χ3v) is 4.73. The molecule has 1 fully saturated rings. The monoisotopic (exact) mass is 375 g/mol. The molecule has 0 bridgehead atoms. The number of carbonyl (C=O) groups is 2. The fourth-order valence-electron chi connectivity index (χ4n) is 2.34. The molecule has 1 saturated heterocycles. The van der Waals surface area contributed by atoms with Crippen LogP contribution in [0.1, 0.15) is 5.56 Å². The van der Waals surface area contributed by atoms with Crippen LogP contribution in [0, 0.1) is 0 Å². The maximum Gasteiger partial charge on any atom is 0.352 e. The fourth-order valence-corrected chi connectivity index (χ4v) is 3.60. The van der Waals surface area contributed by atoms with Crippen LogP contribution in [-0.4, -0.2) is 44.0 Å². The number of carboxylic acids is 1. The average Bonchev–Trinajstić information content (AvgIpc) is 2.52. The Bertz CT molecular complexity index is 666. The van der Waals surface area contributed by atoms with Gasteiger partial charge in [0.15, 0.2) is 0 Å². The zero-order valence-electron chi connectivity index (χ0n) is 11.8. The highest BCUT2D eigenvalue weighted by Crippen LogP contribution is 2.39. The lowest BCUT2D eigenvalue weighted by molar-refractivity contribution is -0.147. The van der Waals surface area contributed by atoms with Gasteiger partial charge in [-0.05, 0) is 17.2 Å². The Hall–Kier alpha value is -1.54. The number of fused-ring (bicyclic) bond motifs is 1. The average molecular weight is 376 g/mol. The van der Waals surface area contributed by atoms with Gasteiger partial charge in [-0.2, -0.15) is 0 Å². The number of aromatic nitrogens is 1. The summed E-state index contributed by atoms with van der Waals surface area (Å²) >= 11 is 1.48. The number of halogens is 2. The molecule has 0 spiro atoms. The number of allylic oxidation sites excluding steroid dienone is 1. The van der Waals surface area contributed by atoms with Crippen molar-refractivity contribution >= 4 is 54.5 Å². The lowest BCUT2D eigenvalue weighted by Crippen LogP contribution is -2.68. The summed E-state index contributed by atoms with van der Waals surface area (Å²) in [6.45, 7) is 0. The minimum atomic E-state index is -1.11. The van der Waals surface area contributed by atoms with Crippen LogP contribution >= 0.6 is 36.6 Å². The Morgan fingerprint density at radius 2 is 2.17 bits per heavy atom. The molecule has 6 nitrogen and oxygen atoms in total. The molecule has 1 aromatic rings. The number of hydrogen-bond acceptors (Lipinski definition) is 5. The molecule has 0 aromatic carbocycles. The van der Waals surface area contributed by atoms with E-state index in [9.17, 15) is 14.7 Å². The molecular weight excluding hydrogens is 361 g/mol. The minimum Gasteiger partial charge on any atom is -0.477 e. The fraction of sp³-hybridized carbons (Fsp3) is 0.214. The lowest BCUT2D eigenvalue weighted by atomic mass is 10.0. The third kappa shape index (κ3) is 3.53. The first-order valence-corrected chi connectivity index (χ1v) is 7.39. The number of thioether (sulfide) groups is 1. The van der Waals surface area contributed by atoms with Crippen LogP contribution in [0.25, 0.3) is 6.08 Å². The number of hydrogen-bond donors (Lipinski definition) is 2. The highest BCUT2D eigenvalue weighted by atomic mass is 35.5. The van der Waals surface area contributed by atoms with Crippen molar-refractivity contribution in [2.24, 2.45) is 5.73 Å². The van der Waals surface area contributed by atoms with Crippen LogP contribution in [0.2, 0.25) is 0 Å². The summed E-state index contributed by atoms with van der Waals surface area (Å²) in [5.74, 6) is -0.927. The van der Waals surface area contributed by atoms with E-state index in [4.69, 9.17) is 5.73 Å². The SMILES string of the molecule is Cl.Cl.N[C@@H]1C(=O)N2C(C(=O)O)=C(/C=C\c3cccnc3)CS[C@@H]12. The molecule has 2 aliphatic rings. The van der Waals surface area contributed by atoms with Crippen molar-refractivity contribution in [3.63, 3.8) is 0 Å². The predicted octanol–water partition coefficient (Wildman–Crippen LogP) is 1.52. The van der Waals surface area contributed by atoms with Crippen LogP contribution in [0.5, 0.6) is 0 Å². The molecule has 0 aliphatic carbocycles. The largest absolute Gasteiger partial charge is 0.477 e. The molecule has 9 heteroatoms. The molecule has 0 saturated carbocycles. The second-order valence-corrected chi connectivity index (χ2v) is 5.84. The number of carbonyl (C=O) groups excluding carboxylic acids is 1. The summed E-state index contributed by atoms with van der Waals surface area (Å²) in [5, 5.41) is 9.12. The van der Waals surface area contributed by atoms with E-state index in [1.165, 1.54) is 16.7 Å². The third-order valence-electron chi connectivity index (χ3n) is 3.40. The van der Waals surface area contributed by atoms with Crippen molar-refractivity contribution in [2.45, 2.75) is 11.4 Å². The van der Waals surface area contributed by atoms with Crippen molar-refractivity contribution in [2.75, 3.05) is 5.75 Å². The number of aliphatic carboxylic acids is 1. The second-order valence-electron chi connectivity index (χ2n) is 4.73. The van der Waals surface area contributed by atoms with E-state index in [2.05, 4.69) is 4.98 Å². The molecule has 1 amide bonds. The van der Waals surface area contributed by atoms with Crippen molar-refractivity contribution in [1.82, 2.24) is 9.88 Å². The number of carboxylic acid groups (broad SMARTS) is 1. The molecule has 3 N–H and O–H groups in total. The standard InChI is InChI=1S/C14H13N3O3S.2ClH/c15-10-12(18)17-11(14(19)20)9(7-21-13(10)17)4-3-8-2-1-5-16-6-8;;/h1-6,10,13H,7,15H2,(H,19,20);2*1H/b4-3-;;/t10-,13+;;/m1../s1. The normalized spacial score (nSPS) is 22.8. The number of nitrogens with zero attached hydrogens (tertiary/aromatic N) is 2. The molecule has 3 rings (SSSR count). The van der Waals surface area contributed by atoms with E-state index in [0.29, 0.717) is 11.3 Å². The Morgan fingerprint density at radius 3 is 2.78 bits per heavy atom. The summed E-state index contributed by atoms with van der Waals surface area (Å²) in [4.78, 5) is 28.5. The zero-order chi connectivity index (χ0) is 15.0. The first-order valence-electron chi connectivity index (χ1n) is 6.34. The quantitative estimate of drug-likeness (QED) is 0.777. The molecule has 2 atom stereocenters. The van der Waals surface area contributed by atoms with E-state index >= 15 is 0 Å². The maximum atomic E-state index is 11.8. The van der Waals surface area contributed by atoms with Crippen molar-refractivity contribution < 1.29 is 14.7 Å². The minimum absolute atomic E-state index is 0. The van der Waals surface area contributed by atoms with Gasteiger partial charge in [0.05, 0.1) is 0 Å². The van der Waals surface area contributed by atoms with Crippen molar-refractivity contribution in [3.05, 3.63) is 47.4 Å². The van der Waals surface area contributed by atoms with Crippen molar-refractivity contribution in [3.8, 4) is 0 Å². The van der Waals surface area contributed by atoms with Crippen LogP contribution in [0.4, 0.5) is 0 Å². The smallest absolute Gasteiger partial charge is 0.352 e. The van der Waals surface area contributed by atoms with E-state index in [-0.39, 0.29) is 41.8 Å². The first-order chi connectivity index (χ1) is 10.1. The van der Waals surface area contributed by atoms with Gasteiger partial charge >= 0.3 is 5.97 Å². The van der Waals surface area contributed by atoms with Crippen LogP contribution in [0.15, 0.2) is 41.9 Å². The van der Waals surface area contributed by atoms with E-state index in [0.717, 1.165) is 5.56 Å². The van der Waals surface area contributed by atoms with Gasteiger partial charge in [0.1, 0.15) is 17.1 Å². The molecule has 0 unspecified atom stereocenters. The van der Waals surface area contributed by atoms with E-state index < -0.39 is 12.0 Å². The predicted molar refractivity (Wildman–Crippen MR) is 93.5 cm³/mol. The zero-order valence-corrected chi connectivity index (χ0v) is 14.2. The molecular formula is C14H15Cl2N3O3S. The van der Waals surface area contributed by atoms with Gasteiger partial charge in [-0.15, -0.1) is 36.6 Å². The Balaban J connectivity index is 0.00000132. The van der Waals surface area contributed by atoms with Gasteiger partial charge in [0, 0.05) is 18.1 Å². The van der Waals surface area contributed by atoms with Gasteiger partial charge in [-0.3, -0.25) is 14.7 Å². The van der Waals surface area contributed by atoms with Crippen LogP contribution < -0.4 is 5.73 Å². The molecule has 0 radical (unpaired) electrons. The van der Waals surface area contributed by atoms with Gasteiger partial charge in [-0.25, -0.2) is 4.79 Å². The Kier molecular flexibility index (Phi) is 6.64. The summed E-state index contributed by atoms with van der Waals surface area (Å²) in [5.41, 5.74) is 7.20. The highest BCUT2D eigenvalue weighted by molar-refractivity contribution is 8.00. The highest BCUT2D eigenvalue weighted by Gasteiger charge is 2.51. The summed E-state index contributed by atoms with van der Waals surface area (Å²) in [6.07, 6.45) is 6.86. The number of nitrogens with two attached hydrogens (primary N) is 1. The molecule has 23 heavy (non-hydrogen) atoms. The first kappa shape index (κ1) is 19.5. The summed E-state index contributed by atoms with van der Waals surface area (Å²) in [6, 6.07) is 3.07. The topological polar surface area (TPSA) is 96.5 Å². The summed E-state index contributed by atoms with van der Waals surface area (Å²) < 4.78 is 0. The van der Waals surface area contributed by atoms with Crippen LogP contribution in [-0.2, 0) is 9.59 Å². The van der Waals surface area contributed by atoms with Gasteiger partial charge in [0.25, 0.3) is 0 Å². The number of β-lactam (4-membered cyclic amide) rings is 1.